The van der Waals surface area contributed by atoms with Gasteiger partial charge in [-0.05, 0) is 17.7 Å². The van der Waals surface area contributed by atoms with Crippen molar-refractivity contribution in [2.75, 3.05) is 0 Å². The molecule has 0 fully saturated rings. The summed E-state index contributed by atoms with van der Waals surface area (Å²) in [4.78, 5) is 0. The van der Waals surface area contributed by atoms with E-state index >= 15 is 0 Å². The van der Waals surface area contributed by atoms with Crippen LogP contribution in [0.25, 0.3) is 0 Å². The molecule has 0 radical (unpaired) electrons. The first-order valence-electron chi connectivity index (χ1n) is 4.73. The molecule has 0 aliphatic carbocycles. The molecule has 2 aromatic rings. The minimum absolute atomic E-state index is 0.169. The monoisotopic (exact) mass is 243 g/mol. The number of nitrogens with one attached hydrogen (secondary N) is 2. The molecule has 0 aliphatic rings. The molecule has 0 unspecified atom stereocenters. The number of halogens is 3. The van der Waals surface area contributed by atoms with Gasteiger partial charge < -0.3 is 5.32 Å². The van der Waals surface area contributed by atoms with Crippen LogP contribution in [0.15, 0.2) is 12.1 Å². The van der Waals surface area contributed by atoms with Crippen molar-refractivity contribution in [3.63, 3.8) is 0 Å². The largest absolute Gasteiger partial charge is 0.306 e. The lowest BCUT2D eigenvalue weighted by molar-refractivity contribution is 0.444. The van der Waals surface area contributed by atoms with E-state index in [2.05, 4.69) is 25.9 Å². The van der Waals surface area contributed by atoms with Crippen molar-refractivity contribution in [2.45, 2.75) is 13.1 Å². The highest BCUT2D eigenvalue weighted by Gasteiger charge is 2.10. The number of hydrogen-bond donors (Lipinski definition) is 2. The van der Waals surface area contributed by atoms with Crippen LogP contribution in [0.2, 0.25) is 0 Å². The molecular formula is C9H8F3N5. The summed E-state index contributed by atoms with van der Waals surface area (Å²) in [6.45, 7) is 0.458. The summed E-state index contributed by atoms with van der Waals surface area (Å²) in [6.07, 6.45) is 0. The molecule has 5 nitrogen and oxygen atoms in total. The Bertz CT molecular complexity index is 476. The molecule has 0 aliphatic heterocycles. The molecule has 0 atom stereocenters. The van der Waals surface area contributed by atoms with E-state index in [1.54, 1.807) is 0 Å². The fourth-order valence-electron chi connectivity index (χ4n) is 1.29. The molecule has 0 saturated carbocycles. The highest BCUT2D eigenvalue weighted by atomic mass is 19.2. The van der Waals surface area contributed by atoms with Crippen LogP contribution in [-0.4, -0.2) is 20.6 Å². The van der Waals surface area contributed by atoms with Crippen LogP contribution in [0, 0.1) is 17.5 Å². The van der Waals surface area contributed by atoms with Crippen LogP contribution >= 0.6 is 0 Å². The first-order valence-corrected chi connectivity index (χ1v) is 4.73. The standard InChI is InChI=1S/C9H8F3N5/c10-6-1-5(2-7(11)9(6)12)3-13-4-8-14-16-17-15-8/h1-2,13H,3-4H2,(H,14,15,16,17). The minimum atomic E-state index is -1.47. The highest BCUT2D eigenvalue weighted by molar-refractivity contribution is 5.19. The second-order valence-electron chi connectivity index (χ2n) is 3.31. The van der Waals surface area contributed by atoms with Gasteiger partial charge in [-0.1, -0.05) is 5.21 Å². The third kappa shape index (κ3) is 2.78. The summed E-state index contributed by atoms with van der Waals surface area (Å²) < 4.78 is 38.4. The molecule has 1 aromatic carbocycles. The minimum Gasteiger partial charge on any atom is -0.306 e. The number of aromatic nitrogens is 4. The second-order valence-corrected chi connectivity index (χ2v) is 3.31. The van der Waals surface area contributed by atoms with Crippen LogP contribution in [0.3, 0.4) is 0 Å². The van der Waals surface area contributed by atoms with Gasteiger partial charge in [0.15, 0.2) is 23.3 Å². The lowest BCUT2D eigenvalue weighted by atomic mass is 10.2. The first kappa shape index (κ1) is 11.5. The zero-order valence-corrected chi connectivity index (χ0v) is 8.54. The maximum absolute atomic E-state index is 12.9. The Balaban J connectivity index is 1.95. The normalized spacial score (nSPS) is 10.8. The number of hydrogen-bond acceptors (Lipinski definition) is 4. The maximum atomic E-state index is 12.9. The Hall–Kier alpha value is -1.96. The average Bonchev–Trinajstić information content (AvgIpc) is 2.79. The maximum Gasteiger partial charge on any atom is 0.194 e. The van der Waals surface area contributed by atoms with Crippen molar-refractivity contribution in [2.24, 2.45) is 0 Å². The van der Waals surface area contributed by atoms with E-state index in [0.29, 0.717) is 11.4 Å². The van der Waals surface area contributed by atoms with Gasteiger partial charge in [-0.3, -0.25) is 0 Å². The van der Waals surface area contributed by atoms with Gasteiger partial charge in [-0.15, -0.1) is 10.2 Å². The van der Waals surface area contributed by atoms with Crippen molar-refractivity contribution in [3.8, 4) is 0 Å². The van der Waals surface area contributed by atoms with E-state index in [0.717, 1.165) is 12.1 Å². The van der Waals surface area contributed by atoms with Gasteiger partial charge in [0.25, 0.3) is 0 Å². The summed E-state index contributed by atoms with van der Waals surface area (Å²) in [6, 6.07) is 1.86. The smallest absolute Gasteiger partial charge is 0.194 e. The molecule has 1 heterocycles. The van der Waals surface area contributed by atoms with Crippen molar-refractivity contribution >= 4 is 0 Å². The van der Waals surface area contributed by atoms with Crippen LogP contribution < -0.4 is 5.32 Å². The van der Waals surface area contributed by atoms with Crippen LogP contribution in [0.4, 0.5) is 13.2 Å². The van der Waals surface area contributed by atoms with Crippen LogP contribution in [0.5, 0.6) is 0 Å². The van der Waals surface area contributed by atoms with Crippen molar-refractivity contribution in [1.82, 2.24) is 25.9 Å². The molecule has 0 spiro atoms. The van der Waals surface area contributed by atoms with Crippen LogP contribution in [0.1, 0.15) is 11.4 Å². The fraction of sp³-hybridized carbons (Fsp3) is 0.222. The summed E-state index contributed by atoms with van der Waals surface area (Å²) in [5.74, 6) is -3.46. The molecule has 90 valence electrons. The molecule has 2 rings (SSSR count). The van der Waals surface area contributed by atoms with Gasteiger partial charge in [-0.2, -0.15) is 5.21 Å². The van der Waals surface area contributed by atoms with E-state index in [1.165, 1.54) is 0 Å². The molecule has 8 heteroatoms. The van der Waals surface area contributed by atoms with E-state index in [1.807, 2.05) is 0 Å². The fourth-order valence-corrected chi connectivity index (χ4v) is 1.29. The van der Waals surface area contributed by atoms with Gasteiger partial charge in [0.05, 0.1) is 6.54 Å². The van der Waals surface area contributed by atoms with Gasteiger partial charge >= 0.3 is 0 Å². The Morgan fingerprint density at radius 1 is 1.12 bits per heavy atom. The van der Waals surface area contributed by atoms with Crippen molar-refractivity contribution in [1.29, 1.82) is 0 Å². The number of nitrogens with zero attached hydrogens (tertiary/aromatic N) is 3. The van der Waals surface area contributed by atoms with E-state index in [9.17, 15) is 13.2 Å². The van der Waals surface area contributed by atoms with Gasteiger partial charge in [-0.25, -0.2) is 13.2 Å². The highest BCUT2D eigenvalue weighted by Crippen LogP contribution is 2.13. The SMILES string of the molecule is Fc1cc(CNCc2nn[nH]n2)cc(F)c1F. The van der Waals surface area contributed by atoms with Crippen LogP contribution in [-0.2, 0) is 13.1 Å². The molecule has 17 heavy (non-hydrogen) atoms. The van der Waals surface area contributed by atoms with E-state index in [-0.39, 0.29) is 13.1 Å². The van der Waals surface area contributed by atoms with Gasteiger partial charge in [0.2, 0.25) is 0 Å². The third-order valence-corrected chi connectivity index (χ3v) is 2.05. The summed E-state index contributed by atoms with van der Waals surface area (Å²) in [5, 5.41) is 15.8. The molecular weight excluding hydrogens is 235 g/mol. The number of benzene rings is 1. The topological polar surface area (TPSA) is 66.5 Å². The Labute approximate surface area is 94.0 Å². The van der Waals surface area contributed by atoms with Gasteiger partial charge in [0, 0.05) is 6.54 Å². The average molecular weight is 243 g/mol. The van der Waals surface area contributed by atoms with Gasteiger partial charge in [0.1, 0.15) is 0 Å². The van der Waals surface area contributed by atoms with E-state index < -0.39 is 17.5 Å². The number of H-pyrrole nitrogens is 1. The first-order chi connectivity index (χ1) is 8.16. The third-order valence-electron chi connectivity index (χ3n) is 2.05. The molecule has 1 aromatic heterocycles. The second kappa shape index (κ2) is 4.91. The Morgan fingerprint density at radius 3 is 2.41 bits per heavy atom. The quantitative estimate of drug-likeness (QED) is 0.783. The lowest BCUT2D eigenvalue weighted by Gasteiger charge is -2.03. The summed E-state index contributed by atoms with van der Waals surface area (Å²) >= 11 is 0. The number of tetrazole rings is 1. The Kier molecular flexibility index (Phi) is 3.33. The molecule has 0 bridgehead atoms. The Morgan fingerprint density at radius 2 is 1.82 bits per heavy atom. The van der Waals surface area contributed by atoms with Crippen molar-refractivity contribution in [3.05, 3.63) is 41.0 Å². The molecule has 2 N–H and O–H groups in total. The van der Waals surface area contributed by atoms with E-state index in [4.69, 9.17) is 0 Å². The predicted octanol–water partition coefficient (Wildman–Crippen LogP) is 0.907. The van der Waals surface area contributed by atoms with Crippen molar-refractivity contribution < 1.29 is 13.2 Å². The molecule has 0 saturated heterocycles. The summed E-state index contributed by atoms with van der Waals surface area (Å²) in [5.41, 5.74) is 0.296. The number of rotatable bonds is 4. The zero-order valence-electron chi connectivity index (χ0n) is 8.54. The molecule has 0 amide bonds. The summed E-state index contributed by atoms with van der Waals surface area (Å²) in [7, 11) is 0. The lowest BCUT2D eigenvalue weighted by Crippen LogP contribution is -2.14. The number of aromatic amines is 1. The zero-order chi connectivity index (χ0) is 12.3. The predicted molar refractivity (Wildman–Crippen MR) is 51.0 cm³/mol.